The lowest BCUT2D eigenvalue weighted by atomic mass is 9.91. The molecule has 1 N–H and O–H groups in total. The zero-order chi connectivity index (χ0) is 13.3. The van der Waals surface area contributed by atoms with Gasteiger partial charge in [0, 0.05) is 31.6 Å². The van der Waals surface area contributed by atoms with Gasteiger partial charge in [-0.1, -0.05) is 0 Å². The summed E-state index contributed by atoms with van der Waals surface area (Å²) >= 11 is 0. The maximum absolute atomic E-state index is 11.2. The molecule has 2 saturated heterocycles. The molecule has 1 spiro atoms. The lowest BCUT2D eigenvalue weighted by Gasteiger charge is -2.38. The van der Waals surface area contributed by atoms with Crippen LogP contribution in [0.4, 0.5) is 10.5 Å². The number of carbonyl (C=O) groups is 1. The molecule has 1 amide bonds. The first-order chi connectivity index (χ1) is 9.21. The number of benzene rings is 1. The van der Waals surface area contributed by atoms with E-state index in [-0.39, 0.29) is 11.7 Å². The van der Waals surface area contributed by atoms with Crippen molar-refractivity contribution in [2.24, 2.45) is 0 Å². The summed E-state index contributed by atoms with van der Waals surface area (Å²) in [6.45, 7) is 2.45. The Morgan fingerprint density at radius 1 is 1.26 bits per heavy atom. The van der Waals surface area contributed by atoms with Crippen LogP contribution in [-0.4, -0.2) is 38.4 Å². The van der Waals surface area contributed by atoms with Crippen molar-refractivity contribution < 1.29 is 14.3 Å². The predicted octanol–water partition coefficient (Wildman–Crippen LogP) is 1.77. The smallest absolute Gasteiger partial charge is 0.407 e. The van der Waals surface area contributed by atoms with Gasteiger partial charge in [-0.15, -0.1) is 0 Å². The molecular weight excluding hydrogens is 244 g/mol. The molecule has 1 aromatic rings. The Hall–Kier alpha value is -1.91. The first-order valence-corrected chi connectivity index (χ1v) is 6.57. The van der Waals surface area contributed by atoms with Crippen molar-refractivity contribution >= 4 is 11.8 Å². The van der Waals surface area contributed by atoms with Gasteiger partial charge < -0.3 is 19.7 Å². The third kappa shape index (κ3) is 2.32. The summed E-state index contributed by atoms with van der Waals surface area (Å²) in [6.07, 6.45) is 1.47. The number of methoxy groups -OCH3 is 1. The molecule has 0 saturated carbocycles. The normalized spacial score (nSPS) is 21.1. The molecular formula is C14H18N2O3. The van der Waals surface area contributed by atoms with Crippen molar-refractivity contribution in [1.82, 2.24) is 5.32 Å². The number of piperidine rings is 1. The highest BCUT2D eigenvalue weighted by molar-refractivity contribution is 5.70. The number of ether oxygens (including phenoxy) is 2. The van der Waals surface area contributed by atoms with Crippen LogP contribution in [0.1, 0.15) is 12.8 Å². The summed E-state index contributed by atoms with van der Waals surface area (Å²) in [5, 5.41) is 2.75. The van der Waals surface area contributed by atoms with Crippen molar-refractivity contribution in [3.05, 3.63) is 24.3 Å². The van der Waals surface area contributed by atoms with Crippen LogP contribution in [-0.2, 0) is 4.74 Å². The van der Waals surface area contributed by atoms with Gasteiger partial charge in [-0.2, -0.15) is 0 Å². The summed E-state index contributed by atoms with van der Waals surface area (Å²) in [7, 11) is 1.67. The second-order valence-corrected chi connectivity index (χ2v) is 5.11. The standard InChI is InChI=1S/C14H18N2O3/c1-18-12-4-2-11(3-5-12)16-8-6-14(7-9-16)10-15-13(17)19-14/h2-5H,6-10H2,1H3,(H,15,17). The Morgan fingerprint density at radius 2 is 1.95 bits per heavy atom. The number of hydrogen-bond acceptors (Lipinski definition) is 4. The Balaban J connectivity index is 1.64. The van der Waals surface area contributed by atoms with Gasteiger partial charge in [0.15, 0.2) is 0 Å². The van der Waals surface area contributed by atoms with Gasteiger partial charge in [0.25, 0.3) is 0 Å². The molecule has 0 aliphatic carbocycles. The van der Waals surface area contributed by atoms with E-state index in [0.29, 0.717) is 6.54 Å². The molecule has 2 heterocycles. The maximum Gasteiger partial charge on any atom is 0.407 e. The minimum absolute atomic E-state index is 0.278. The van der Waals surface area contributed by atoms with Gasteiger partial charge in [-0.05, 0) is 24.3 Å². The lowest BCUT2D eigenvalue weighted by molar-refractivity contribution is 0.0367. The van der Waals surface area contributed by atoms with Gasteiger partial charge in [-0.25, -0.2) is 4.79 Å². The van der Waals surface area contributed by atoms with E-state index in [4.69, 9.17) is 9.47 Å². The van der Waals surface area contributed by atoms with Gasteiger partial charge in [0.05, 0.1) is 13.7 Å². The van der Waals surface area contributed by atoms with E-state index in [0.717, 1.165) is 31.7 Å². The zero-order valence-electron chi connectivity index (χ0n) is 11.0. The molecule has 5 heteroatoms. The molecule has 102 valence electrons. The molecule has 0 bridgehead atoms. The van der Waals surface area contributed by atoms with Crippen LogP contribution in [0.3, 0.4) is 0 Å². The maximum atomic E-state index is 11.2. The number of nitrogens with one attached hydrogen (secondary N) is 1. The Labute approximate surface area is 112 Å². The molecule has 19 heavy (non-hydrogen) atoms. The number of amides is 1. The monoisotopic (exact) mass is 262 g/mol. The minimum atomic E-state index is -0.280. The van der Waals surface area contributed by atoms with Crippen molar-refractivity contribution in [2.75, 3.05) is 31.6 Å². The lowest BCUT2D eigenvalue weighted by Crippen LogP contribution is -2.46. The average Bonchev–Trinajstić information content (AvgIpc) is 2.81. The molecule has 2 aliphatic rings. The highest BCUT2D eigenvalue weighted by Crippen LogP contribution is 2.31. The number of hydrogen-bond donors (Lipinski definition) is 1. The zero-order valence-corrected chi connectivity index (χ0v) is 11.0. The van der Waals surface area contributed by atoms with E-state index in [9.17, 15) is 4.79 Å². The van der Waals surface area contributed by atoms with E-state index >= 15 is 0 Å². The van der Waals surface area contributed by atoms with E-state index in [2.05, 4.69) is 22.3 Å². The largest absolute Gasteiger partial charge is 0.497 e. The molecule has 0 radical (unpaired) electrons. The fourth-order valence-electron chi connectivity index (χ4n) is 2.75. The number of anilines is 1. The molecule has 5 nitrogen and oxygen atoms in total. The summed E-state index contributed by atoms with van der Waals surface area (Å²) < 4.78 is 10.6. The van der Waals surface area contributed by atoms with E-state index in [1.807, 2.05) is 12.1 Å². The first-order valence-electron chi connectivity index (χ1n) is 6.57. The minimum Gasteiger partial charge on any atom is -0.497 e. The molecule has 1 aromatic carbocycles. The Morgan fingerprint density at radius 3 is 2.47 bits per heavy atom. The van der Waals surface area contributed by atoms with E-state index in [1.54, 1.807) is 7.11 Å². The second kappa shape index (κ2) is 4.64. The van der Waals surface area contributed by atoms with Crippen molar-refractivity contribution in [2.45, 2.75) is 18.4 Å². The molecule has 0 aromatic heterocycles. The molecule has 0 atom stereocenters. The van der Waals surface area contributed by atoms with Crippen LogP contribution >= 0.6 is 0 Å². The highest BCUT2D eigenvalue weighted by atomic mass is 16.6. The van der Waals surface area contributed by atoms with Gasteiger partial charge in [-0.3, -0.25) is 0 Å². The SMILES string of the molecule is COc1ccc(N2CCC3(CC2)CNC(=O)O3)cc1. The topological polar surface area (TPSA) is 50.8 Å². The van der Waals surface area contributed by atoms with Crippen LogP contribution in [0.2, 0.25) is 0 Å². The summed E-state index contributed by atoms with van der Waals surface area (Å²) in [4.78, 5) is 13.5. The Kier molecular flexibility index (Phi) is 2.97. The van der Waals surface area contributed by atoms with Crippen molar-refractivity contribution in [3.8, 4) is 5.75 Å². The first kappa shape index (κ1) is 12.1. The Bertz CT molecular complexity index is 464. The van der Waals surface area contributed by atoms with E-state index in [1.165, 1.54) is 5.69 Å². The average molecular weight is 262 g/mol. The van der Waals surface area contributed by atoms with Crippen molar-refractivity contribution in [3.63, 3.8) is 0 Å². The van der Waals surface area contributed by atoms with E-state index < -0.39 is 0 Å². The number of carbonyl (C=O) groups excluding carboxylic acids is 1. The van der Waals surface area contributed by atoms with Crippen LogP contribution in [0.15, 0.2) is 24.3 Å². The molecule has 3 rings (SSSR count). The van der Waals surface area contributed by atoms with Crippen LogP contribution in [0, 0.1) is 0 Å². The van der Waals surface area contributed by atoms with Gasteiger partial charge >= 0.3 is 6.09 Å². The van der Waals surface area contributed by atoms with Crippen molar-refractivity contribution in [1.29, 1.82) is 0 Å². The predicted molar refractivity (Wildman–Crippen MR) is 71.7 cm³/mol. The third-order valence-electron chi connectivity index (χ3n) is 3.98. The second-order valence-electron chi connectivity index (χ2n) is 5.11. The summed E-state index contributed by atoms with van der Waals surface area (Å²) in [5.74, 6) is 0.867. The van der Waals surface area contributed by atoms with Gasteiger partial charge in [0.2, 0.25) is 0 Å². The number of alkyl carbamates (subject to hydrolysis) is 1. The third-order valence-corrected chi connectivity index (χ3v) is 3.98. The van der Waals surface area contributed by atoms with Gasteiger partial charge in [0.1, 0.15) is 11.4 Å². The molecule has 2 fully saturated rings. The number of rotatable bonds is 2. The molecule has 2 aliphatic heterocycles. The quantitative estimate of drug-likeness (QED) is 0.882. The van der Waals surface area contributed by atoms with Crippen LogP contribution < -0.4 is 15.0 Å². The highest BCUT2D eigenvalue weighted by Gasteiger charge is 2.42. The fourth-order valence-corrected chi connectivity index (χ4v) is 2.75. The fraction of sp³-hybridized carbons (Fsp3) is 0.500. The van der Waals surface area contributed by atoms with Crippen LogP contribution in [0.25, 0.3) is 0 Å². The number of nitrogens with zero attached hydrogens (tertiary/aromatic N) is 1. The summed E-state index contributed by atoms with van der Waals surface area (Å²) in [6, 6.07) is 8.07. The van der Waals surface area contributed by atoms with Crippen LogP contribution in [0.5, 0.6) is 5.75 Å². The summed E-state index contributed by atoms with van der Waals surface area (Å²) in [5.41, 5.74) is 0.910. The molecule has 0 unspecified atom stereocenters.